The van der Waals surface area contributed by atoms with Crippen LogP contribution in [0.5, 0.6) is 0 Å². The molecule has 1 N–H and O–H groups in total. The van der Waals surface area contributed by atoms with Crippen molar-refractivity contribution >= 4 is 11.4 Å². The first-order valence-corrected chi connectivity index (χ1v) is 8.11. The summed E-state index contributed by atoms with van der Waals surface area (Å²) in [7, 11) is 0. The van der Waals surface area contributed by atoms with Gasteiger partial charge in [0.15, 0.2) is 0 Å². The lowest BCUT2D eigenvalue weighted by atomic mass is 9.90. The third kappa shape index (κ3) is 4.97. The Morgan fingerprint density at radius 3 is 2.43 bits per heavy atom. The van der Waals surface area contributed by atoms with Crippen molar-refractivity contribution in [3.05, 3.63) is 24.3 Å². The van der Waals surface area contributed by atoms with Crippen LogP contribution in [0.1, 0.15) is 46.0 Å². The Kier molecular flexibility index (Phi) is 5.50. The minimum Gasteiger partial charge on any atom is -0.385 e. The first-order valence-electron chi connectivity index (χ1n) is 8.11. The molecular formula is C18H27N3. The number of rotatable bonds is 6. The zero-order valence-electron chi connectivity index (χ0n) is 13.4. The predicted octanol–water partition coefficient (Wildman–Crippen LogP) is 4.42. The van der Waals surface area contributed by atoms with Gasteiger partial charge in [0.05, 0.1) is 11.5 Å². The van der Waals surface area contributed by atoms with Gasteiger partial charge in [-0.3, -0.25) is 0 Å². The molecule has 2 rings (SSSR count). The number of nitriles is 1. The normalized spacial score (nSPS) is 15.6. The fourth-order valence-corrected chi connectivity index (χ4v) is 2.76. The van der Waals surface area contributed by atoms with Crippen molar-refractivity contribution in [2.75, 3.05) is 29.9 Å². The average Bonchev–Trinajstić information content (AvgIpc) is 2.53. The Balaban J connectivity index is 1.76. The monoisotopic (exact) mass is 285 g/mol. The summed E-state index contributed by atoms with van der Waals surface area (Å²) < 4.78 is 0. The van der Waals surface area contributed by atoms with E-state index >= 15 is 0 Å². The Labute approximate surface area is 129 Å². The van der Waals surface area contributed by atoms with Crippen LogP contribution in [0, 0.1) is 16.7 Å². The minimum atomic E-state index is -0.209. The SMILES string of the molecule is CC(C)(C#N)CCCNc1ccc(N2CCCCC2)cc1. The van der Waals surface area contributed by atoms with Gasteiger partial charge in [-0.15, -0.1) is 0 Å². The highest BCUT2D eigenvalue weighted by atomic mass is 15.1. The molecule has 114 valence electrons. The van der Waals surface area contributed by atoms with Crippen LogP contribution in [0.15, 0.2) is 24.3 Å². The molecular weight excluding hydrogens is 258 g/mol. The van der Waals surface area contributed by atoms with Crippen molar-refractivity contribution in [2.24, 2.45) is 5.41 Å². The van der Waals surface area contributed by atoms with E-state index in [0.717, 1.165) is 19.4 Å². The summed E-state index contributed by atoms with van der Waals surface area (Å²) in [4.78, 5) is 2.47. The summed E-state index contributed by atoms with van der Waals surface area (Å²) >= 11 is 0. The van der Waals surface area contributed by atoms with Crippen molar-refractivity contribution in [1.82, 2.24) is 0 Å². The van der Waals surface area contributed by atoms with Crippen LogP contribution < -0.4 is 10.2 Å². The Morgan fingerprint density at radius 2 is 1.81 bits per heavy atom. The first-order chi connectivity index (χ1) is 10.1. The van der Waals surface area contributed by atoms with E-state index in [2.05, 4.69) is 40.6 Å². The molecule has 0 atom stereocenters. The van der Waals surface area contributed by atoms with E-state index in [0.29, 0.717) is 0 Å². The second-order valence-corrected chi connectivity index (χ2v) is 6.62. The molecule has 0 saturated carbocycles. The second-order valence-electron chi connectivity index (χ2n) is 6.62. The molecule has 0 radical (unpaired) electrons. The highest BCUT2D eigenvalue weighted by Gasteiger charge is 2.15. The number of hydrogen-bond donors (Lipinski definition) is 1. The maximum Gasteiger partial charge on any atom is 0.0683 e. The number of anilines is 2. The van der Waals surface area contributed by atoms with E-state index in [1.807, 2.05) is 13.8 Å². The molecule has 0 spiro atoms. The van der Waals surface area contributed by atoms with E-state index < -0.39 is 0 Å². The predicted molar refractivity (Wildman–Crippen MR) is 89.6 cm³/mol. The van der Waals surface area contributed by atoms with Crippen molar-refractivity contribution in [3.8, 4) is 6.07 Å². The number of nitrogens with one attached hydrogen (secondary N) is 1. The van der Waals surface area contributed by atoms with E-state index in [1.54, 1.807) is 0 Å². The molecule has 1 fully saturated rings. The fraction of sp³-hybridized carbons (Fsp3) is 0.611. The minimum absolute atomic E-state index is 0.209. The van der Waals surface area contributed by atoms with Crippen molar-refractivity contribution < 1.29 is 0 Å². The summed E-state index contributed by atoms with van der Waals surface area (Å²) in [6.45, 7) is 7.31. The van der Waals surface area contributed by atoms with Gasteiger partial charge in [-0.25, -0.2) is 0 Å². The zero-order chi connectivity index (χ0) is 15.1. The molecule has 1 aromatic rings. The van der Waals surface area contributed by atoms with Gasteiger partial charge in [0.2, 0.25) is 0 Å². The molecule has 1 aliphatic heterocycles. The quantitative estimate of drug-likeness (QED) is 0.786. The summed E-state index contributed by atoms with van der Waals surface area (Å²) in [6, 6.07) is 11.1. The molecule has 21 heavy (non-hydrogen) atoms. The average molecular weight is 285 g/mol. The smallest absolute Gasteiger partial charge is 0.0683 e. The van der Waals surface area contributed by atoms with Gasteiger partial charge in [0, 0.05) is 31.0 Å². The maximum absolute atomic E-state index is 8.99. The second kappa shape index (κ2) is 7.36. The van der Waals surface area contributed by atoms with Gasteiger partial charge in [0.1, 0.15) is 0 Å². The highest BCUT2D eigenvalue weighted by molar-refractivity contribution is 5.55. The summed E-state index contributed by atoms with van der Waals surface area (Å²) in [5.74, 6) is 0. The van der Waals surface area contributed by atoms with Gasteiger partial charge in [-0.1, -0.05) is 0 Å². The Hall–Kier alpha value is -1.69. The van der Waals surface area contributed by atoms with E-state index in [9.17, 15) is 0 Å². The molecule has 0 bridgehead atoms. The Morgan fingerprint density at radius 1 is 1.14 bits per heavy atom. The molecule has 1 aliphatic rings. The van der Waals surface area contributed by atoms with Crippen molar-refractivity contribution in [2.45, 2.75) is 46.0 Å². The van der Waals surface area contributed by atoms with Crippen molar-refractivity contribution in [1.29, 1.82) is 5.26 Å². The molecule has 0 unspecified atom stereocenters. The first kappa shape index (κ1) is 15.7. The number of benzene rings is 1. The summed E-state index contributed by atoms with van der Waals surface area (Å²) in [5, 5.41) is 12.4. The molecule has 0 amide bonds. The van der Waals surface area contributed by atoms with Crippen LogP contribution in [0.3, 0.4) is 0 Å². The van der Waals surface area contributed by atoms with Crippen LogP contribution in [0.4, 0.5) is 11.4 Å². The van der Waals surface area contributed by atoms with Crippen LogP contribution in [-0.4, -0.2) is 19.6 Å². The van der Waals surface area contributed by atoms with Gasteiger partial charge >= 0.3 is 0 Å². The van der Waals surface area contributed by atoms with Gasteiger partial charge in [-0.05, 0) is 70.2 Å². The third-order valence-corrected chi connectivity index (χ3v) is 4.20. The molecule has 0 aliphatic carbocycles. The van der Waals surface area contributed by atoms with Gasteiger partial charge in [0.25, 0.3) is 0 Å². The molecule has 1 saturated heterocycles. The lowest BCUT2D eigenvalue weighted by Crippen LogP contribution is -2.29. The lowest BCUT2D eigenvalue weighted by Gasteiger charge is -2.28. The largest absolute Gasteiger partial charge is 0.385 e. The van der Waals surface area contributed by atoms with Gasteiger partial charge in [-0.2, -0.15) is 5.26 Å². The number of hydrogen-bond acceptors (Lipinski definition) is 3. The molecule has 1 aromatic carbocycles. The molecule has 3 heteroatoms. The van der Waals surface area contributed by atoms with E-state index in [-0.39, 0.29) is 5.41 Å². The number of nitrogens with zero attached hydrogens (tertiary/aromatic N) is 2. The van der Waals surface area contributed by atoms with Crippen LogP contribution in [0.25, 0.3) is 0 Å². The van der Waals surface area contributed by atoms with E-state index in [4.69, 9.17) is 5.26 Å². The topological polar surface area (TPSA) is 39.1 Å². The van der Waals surface area contributed by atoms with Crippen LogP contribution in [-0.2, 0) is 0 Å². The van der Waals surface area contributed by atoms with Crippen molar-refractivity contribution in [3.63, 3.8) is 0 Å². The lowest BCUT2D eigenvalue weighted by molar-refractivity contribution is 0.441. The standard InChI is InChI=1S/C18H27N3/c1-18(2,15-19)11-6-12-20-16-7-9-17(10-8-16)21-13-4-3-5-14-21/h7-10,20H,3-6,11-14H2,1-2H3. The summed E-state index contributed by atoms with van der Waals surface area (Å²) in [5.41, 5.74) is 2.30. The Bertz CT molecular complexity index is 464. The molecule has 3 nitrogen and oxygen atoms in total. The maximum atomic E-state index is 8.99. The summed E-state index contributed by atoms with van der Waals surface area (Å²) in [6.07, 6.45) is 5.95. The van der Waals surface area contributed by atoms with Gasteiger partial charge < -0.3 is 10.2 Å². The highest BCUT2D eigenvalue weighted by Crippen LogP contribution is 2.23. The fourth-order valence-electron chi connectivity index (χ4n) is 2.76. The number of piperidine rings is 1. The third-order valence-electron chi connectivity index (χ3n) is 4.20. The zero-order valence-corrected chi connectivity index (χ0v) is 13.4. The van der Waals surface area contributed by atoms with Crippen LogP contribution >= 0.6 is 0 Å². The molecule has 0 aromatic heterocycles. The molecule has 1 heterocycles. The van der Waals surface area contributed by atoms with E-state index in [1.165, 1.54) is 43.7 Å². The van der Waals surface area contributed by atoms with Crippen LogP contribution in [0.2, 0.25) is 0 Å².